The SMILES string of the molecule is CCCC(OC(=O)c1cc(-c2ccc(N3C(=O)C4C5CCC(C5)C4C3=O)cc2)nc2c(C)cccc12)C(=O)c1ccccc1. The zero-order chi connectivity index (χ0) is 30.5. The van der Waals surface area contributed by atoms with Gasteiger partial charge in [-0.2, -0.15) is 0 Å². The number of hydrogen-bond donors (Lipinski definition) is 0. The second-order valence-corrected chi connectivity index (χ2v) is 12.4. The van der Waals surface area contributed by atoms with Gasteiger partial charge in [-0.3, -0.25) is 19.3 Å². The number of ketones is 1. The number of esters is 1. The standard InChI is InChI=1S/C37H34N2O5/c1-3-8-30(34(40)23-10-5-4-6-11-23)44-37(43)28-20-29(38-33-21(2)9-7-12-27(28)33)22-15-17-26(18-16-22)39-35(41)31-24-13-14-25(19-24)32(31)36(39)42/h4-7,9-12,15-18,20,24-25,30-32H,3,8,13-14,19H2,1-2H3. The predicted molar refractivity (Wildman–Crippen MR) is 167 cm³/mol. The monoisotopic (exact) mass is 586 g/mol. The van der Waals surface area contributed by atoms with E-state index in [1.807, 2.05) is 50.2 Å². The van der Waals surface area contributed by atoms with Gasteiger partial charge in [0.1, 0.15) is 0 Å². The average Bonchev–Trinajstić information content (AvgIpc) is 3.74. The summed E-state index contributed by atoms with van der Waals surface area (Å²) in [5.74, 6) is -0.655. The van der Waals surface area contributed by atoms with Crippen molar-refractivity contribution in [2.45, 2.75) is 52.1 Å². The Morgan fingerprint density at radius 1 is 0.909 bits per heavy atom. The molecule has 3 aliphatic rings. The number of ether oxygens (including phenoxy) is 1. The van der Waals surface area contributed by atoms with Crippen LogP contribution in [-0.4, -0.2) is 34.7 Å². The van der Waals surface area contributed by atoms with Crippen LogP contribution in [0.1, 0.15) is 65.3 Å². The molecule has 44 heavy (non-hydrogen) atoms. The molecule has 7 heteroatoms. The van der Waals surface area contributed by atoms with Crippen LogP contribution in [0.15, 0.2) is 78.9 Å². The van der Waals surface area contributed by atoms with Crippen LogP contribution < -0.4 is 4.90 Å². The number of anilines is 1. The molecular weight excluding hydrogens is 552 g/mol. The van der Waals surface area contributed by atoms with Crippen molar-refractivity contribution in [3.05, 3.63) is 95.6 Å². The molecule has 2 amide bonds. The zero-order valence-corrected chi connectivity index (χ0v) is 24.9. The molecule has 4 aromatic rings. The van der Waals surface area contributed by atoms with E-state index in [0.717, 1.165) is 30.4 Å². The maximum Gasteiger partial charge on any atom is 0.339 e. The van der Waals surface area contributed by atoms with E-state index in [2.05, 4.69) is 0 Å². The summed E-state index contributed by atoms with van der Waals surface area (Å²) in [4.78, 5) is 59.9. The number of benzene rings is 3. The Bertz CT molecular complexity index is 1770. The van der Waals surface area contributed by atoms with Gasteiger partial charge in [0.2, 0.25) is 17.6 Å². The Morgan fingerprint density at radius 2 is 1.59 bits per heavy atom. The lowest BCUT2D eigenvalue weighted by atomic mass is 9.81. The molecule has 1 aromatic heterocycles. The lowest BCUT2D eigenvalue weighted by Gasteiger charge is -2.19. The summed E-state index contributed by atoms with van der Waals surface area (Å²) >= 11 is 0. The molecule has 3 aromatic carbocycles. The van der Waals surface area contributed by atoms with Crippen molar-refractivity contribution in [2.24, 2.45) is 23.7 Å². The Labute approximate surface area is 256 Å². The summed E-state index contributed by atoms with van der Waals surface area (Å²) in [6, 6.07) is 23.4. The highest BCUT2D eigenvalue weighted by molar-refractivity contribution is 6.22. The first-order valence-electron chi connectivity index (χ1n) is 15.5. The Morgan fingerprint density at radius 3 is 2.25 bits per heavy atom. The topological polar surface area (TPSA) is 93.6 Å². The maximum absolute atomic E-state index is 13.7. The van der Waals surface area contributed by atoms with E-state index >= 15 is 0 Å². The molecule has 3 fully saturated rings. The van der Waals surface area contributed by atoms with E-state index < -0.39 is 12.1 Å². The van der Waals surface area contributed by atoms with Crippen LogP contribution in [0.2, 0.25) is 0 Å². The summed E-state index contributed by atoms with van der Waals surface area (Å²) in [6.07, 6.45) is 3.25. The fraction of sp³-hybridized carbons (Fsp3) is 0.324. The first kappa shape index (κ1) is 28.1. The van der Waals surface area contributed by atoms with E-state index in [1.165, 1.54) is 4.90 Å². The highest BCUT2D eigenvalue weighted by Crippen LogP contribution is 2.56. The molecule has 0 N–H and O–H groups in total. The van der Waals surface area contributed by atoms with E-state index in [4.69, 9.17) is 9.72 Å². The molecule has 1 saturated heterocycles. The number of carbonyl (C=O) groups is 4. The number of rotatable bonds is 8. The molecule has 2 bridgehead atoms. The second-order valence-electron chi connectivity index (χ2n) is 12.4. The highest BCUT2D eigenvalue weighted by Gasteiger charge is 2.61. The molecule has 0 radical (unpaired) electrons. The van der Waals surface area contributed by atoms with Crippen LogP contribution in [0.5, 0.6) is 0 Å². The minimum atomic E-state index is -0.907. The van der Waals surface area contributed by atoms with Crippen LogP contribution in [0.25, 0.3) is 22.2 Å². The van der Waals surface area contributed by atoms with Crippen molar-refractivity contribution >= 4 is 40.2 Å². The third kappa shape index (κ3) is 4.62. The summed E-state index contributed by atoms with van der Waals surface area (Å²) in [6.45, 7) is 3.89. The number of fused-ring (bicyclic) bond motifs is 6. The molecule has 2 aliphatic carbocycles. The number of para-hydroxylation sites is 1. The van der Waals surface area contributed by atoms with Crippen LogP contribution in [0, 0.1) is 30.6 Å². The number of aromatic nitrogens is 1. The molecule has 7 nitrogen and oxygen atoms in total. The third-order valence-electron chi connectivity index (χ3n) is 9.76. The number of pyridine rings is 1. The molecule has 7 rings (SSSR count). The van der Waals surface area contributed by atoms with Gasteiger partial charge >= 0.3 is 5.97 Å². The van der Waals surface area contributed by atoms with E-state index in [9.17, 15) is 19.2 Å². The summed E-state index contributed by atoms with van der Waals surface area (Å²) < 4.78 is 5.90. The Hall–Kier alpha value is -4.65. The minimum Gasteiger partial charge on any atom is -0.450 e. The molecule has 0 spiro atoms. The van der Waals surface area contributed by atoms with E-state index in [0.29, 0.717) is 58.1 Å². The summed E-state index contributed by atoms with van der Waals surface area (Å²) in [5.41, 5.74) is 4.24. The third-order valence-corrected chi connectivity index (χ3v) is 9.76. The van der Waals surface area contributed by atoms with Gasteiger partial charge in [0.25, 0.3) is 0 Å². The fourth-order valence-corrected chi connectivity index (χ4v) is 7.64. The van der Waals surface area contributed by atoms with Gasteiger partial charge in [-0.15, -0.1) is 0 Å². The normalized spacial score (nSPS) is 22.8. The van der Waals surface area contributed by atoms with Crippen LogP contribution in [-0.2, 0) is 14.3 Å². The van der Waals surface area contributed by atoms with Crippen molar-refractivity contribution in [2.75, 3.05) is 4.90 Å². The first-order chi connectivity index (χ1) is 21.4. The molecule has 5 atom stereocenters. The highest BCUT2D eigenvalue weighted by atomic mass is 16.5. The summed E-state index contributed by atoms with van der Waals surface area (Å²) in [5, 5.41) is 0.646. The van der Waals surface area contributed by atoms with Gasteiger partial charge in [-0.25, -0.2) is 9.78 Å². The summed E-state index contributed by atoms with van der Waals surface area (Å²) in [7, 11) is 0. The predicted octanol–water partition coefficient (Wildman–Crippen LogP) is 6.95. The fourth-order valence-electron chi connectivity index (χ4n) is 7.64. The Balaban J connectivity index is 1.20. The van der Waals surface area contributed by atoms with Crippen molar-refractivity contribution in [3.8, 4) is 11.3 Å². The van der Waals surface area contributed by atoms with Crippen LogP contribution in [0.3, 0.4) is 0 Å². The number of aryl methyl sites for hydroxylation is 1. The molecule has 1 aliphatic heterocycles. The van der Waals surface area contributed by atoms with Crippen molar-refractivity contribution in [1.82, 2.24) is 4.98 Å². The number of imide groups is 1. The van der Waals surface area contributed by atoms with Gasteiger partial charge in [0.05, 0.1) is 34.3 Å². The quantitative estimate of drug-likeness (QED) is 0.126. The largest absolute Gasteiger partial charge is 0.450 e. The second kappa shape index (κ2) is 11.1. The van der Waals surface area contributed by atoms with Crippen molar-refractivity contribution in [3.63, 3.8) is 0 Å². The number of nitrogens with zero attached hydrogens (tertiary/aromatic N) is 2. The van der Waals surface area contributed by atoms with Crippen LogP contribution in [0.4, 0.5) is 5.69 Å². The number of Topliss-reactive ketones (excluding diaryl/α,β-unsaturated/α-hetero) is 1. The van der Waals surface area contributed by atoms with Gasteiger partial charge in [0, 0.05) is 16.5 Å². The number of carbonyl (C=O) groups excluding carboxylic acids is 4. The molecule has 5 unspecified atom stereocenters. The average molecular weight is 587 g/mol. The lowest BCUT2D eigenvalue weighted by Crippen LogP contribution is -2.32. The van der Waals surface area contributed by atoms with Gasteiger partial charge in [0.15, 0.2) is 6.10 Å². The van der Waals surface area contributed by atoms with Gasteiger partial charge in [-0.05, 0) is 68.2 Å². The van der Waals surface area contributed by atoms with E-state index in [1.54, 1.807) is 42.5 Å². The van der Waals surface area contributed by atoms with Crippen molar-refractivity contribution < 1.29 is 23.9 Å². The molecule has 2 heterocycles. The van der Waals surface area contributed by atoms with E-state index in [-0.39, 0.29) is 29.4 Å². The first-order valence-corrected chi connectivity index (χ1v) is 15.5. The molecule has 222 valence electrons. The molecular formula is C37H34N2O5. The van der Waals surface area contributed by atoms with Crippen LogP contribution >= 0.6 is 0 Å². The van der Waals surface area contributed by atoms with Gasteiger partial charge in [-0.1, -0.05) is 74.0 Å². The minimum absolute atomic E-state index is 0.0730. The zero-order valence-electron chi connectivity index (χ0n) is 24.9. The number of hydrogen-bond acceptors (Lipinski definition) is 6. The van der Waals surface area contributed by atoms with Gasteiger partial charge < -0.3 is 4.74 Å². The lowest BCUT2D eigenvalue weighted by molar-refractivity contribution is -0.123. The van der Waals surface area contributed by atoms with Crippen molar-refractivity contribution in [1.29, 1.82) is 0 Å². The Kier molecular flexibility index (Phi) is 7.11. The number of amides is 2. The maximum atomic E-state index is 13.7. The molecule has 2 saturated carbocycles. The smallest absolute Gasteiger partial charge is 0.339 e.